The molecule has 0 unspecified atom stereocenters. The highest BCUT2D eigenvalue weighted by molar-refractivity contribution is 5.36. The monoisotopic (exact) mass is 260 g/mol. The third kappa shape index (κ3) is 3.09. The summed E-state index contributed by atoms with van der Waals surface area (Å²) in [6.07, 6.45) is 0. The van der Waals surface area contributed by atoms with Gasteiger partial charge in [-0.3, -0.25) is 0 Å². The molecule has 1 aromatic carbocycles. The maximum Gasteiger partial charge on any atom is 0.218 e. The minimum atomic E-state index is -0.277. The van der Waals surface area contributed by atoms with E-state index in [9.17, 15) is 4.39 Å². The summed E-state index contributed by atoms with van der Waals surface area (Å²) in [5.41, 5.74) is 8.97. The Hall–Kier alpha value is -1.94. The van der Waals surface area contributed by atoms with Crippen LogP contribution in [-0.2, 0) is 13.2 Å². The lowest BCUT2D eigenvalue weighted by Gasteiger charge is -2.13. The first-order valence-electron chi connectivity index (χ1n) is 6.15. The van der Waals surface area contributed by atoms with Gasteiger partial charge in [0.1, 0.15) is 12.4 Å². The third-order valence-corrected chi connectivity index (χ3v) is 2.96. The third-order valence-electron chi connectivity index (χ3n) is 2.96. The van der Waals surface area contributed by atoms with E-state index in [4.69, 9.17) is 10.5 Å². The fourth-order valence-electron chi connectivity index (χ4n) is 1.96. The van der Waals surface area contributed by atoms with Gasteiger partial charge in [-0.15, -0.1) is 0 Å². The maximum atomic E-state index is 13.5. The van der Waals surface area contributed by atoms with Crippen LogP contribution < -0.4 is 10.5 Å². The Morgan fingerprint density at radius 1 is 1.26 bits per heavy atom. The number of aromatic nitrogens is 1. The number of hydrogen-bond donors (Lipinski definition) is 1. The summed E-state index contributed by atoms with van der Waals surface area (Å²) in [6.45, 7) is 4.36. The van der Waals surface area contributed by atoms with Crippen molar-refractivity contribution >= 4 is 0 Å². The molecule has 2 rings (SSSR count). The van der Waals surface area contributed by atoms with E-state index in [0.717, 1.165) is 16.8 Å². The lowest BCUT2D eigenvalue weighted by atomic mass is 10.1. The highest BCUT2D eigenvalue weighted by atomic mass is 19.1. The van der Waals surface area contributed by atoms with Crippen molar-refractivity contribution in [1.29, 1.82) is 0 Å². The number of halogens is 1. The zero-order chi connectivity index (χ0) is 13.8. The van der Waals surface area contributed by atoms with E-state index in [1.165, 1.54) is 6.07 Å². The standard InChI is InChI=1S/C15H17FN2O/c1-10-7-11(2)18-15(13(10)8-17)19-9-12-5-3-4-6-14(12)16/h3-7H,8-9,17H2,1-2H3. The van der Waals surface area contributed by atoms with Crippen LogP contribution in [0.1, 0.15) is 22.4 Å². The first kappa shape index (κ1) is 13.5. The Morgan fingerprint density at radius 3 is 2.68 bits per heavy atom. The van der Waals surface area contributed by atoms with Gasteiger partial charge >= 0.3 is 0 Å². The van der Waals surface area contributed by atoms with Gasteiger partial charge < -0.3 is 10.5 Å². The molecule has 100 valence electrons. The van der Waals surface area contributed by atoms with Crippen molar-refractivity contribution in [2.75, 3.05) is 0 Å². The second-order valence-electron chi connectivity index (χ2n) is 4.45. The SMILES string of the molecule is Cc1cc(C)c(CN)c(OCc2ccccc2F)n1. The Morgan fingerprint density at radius 2 is 2.00 bits per heavy atom. The first-order valence-corrected chi connectivity index (χ1v) is 6.15. The van der Waals surface area contributed by atoms with Gasteiger partial charge in [-0.25, -0.2) is 9.37 Å². The zero-order valence-electron chi connectivity index (χ0n) is 11.1. The molecule has 0 spiro atoms. The fourth-order valence-corrected chi connectivity index (χ4v) is 1.96. The normalized spacial score (nSPS) is 10.5. The summed E-state index contributed by atoms with van der Waals surface area (Å²) in [7, 11) is 0. The average molecular weight is 260 g/mol. The molecule has 0 atom stereocenters. The van der Waals surface area contributed by atoms with E-state index >= 15 is 0 Å². The molecule has 1 aromatic heterocycles. The molecule has 3 nitrogen and oxygen atoms in total. The van der Waals surface area contributed by atoms with Gasteiger partial charge in [0.15, 0.2) is 0 Å². The summed E-state index contributed by atoms with van der Waals surface area (Å²) >= 11 is 0. The number of aryl methyl sites for hydroxylation is 2. The molecule has 0 aliphatic carbocycles. The van der Waals surface area contributed by atoms with Crippen LogP contribution in [0, 0.1) is 19.7 Å². The summed E-state index contributed by atoms with van der Waals surface area (Å²) in [4.78, 5) is 4.32. The molecule has 0 saturated carbocycles. The quantitative estimate of drug-likeness (QED) is 0.919. The number of hydrogen-bond acceptors (Lipinski definition) is 3. The molecular formula is C15H17FN2O. The van der Waals surface area contributed by atoms with E-state index < -0.39 is 0 Å². The Balaban J connectivity index is 2.22. The first-order chi connectivity index (χ1) is 9.11. The molecule has 0 saturated heterocycles. The molecule has 2 N–H and O–H groups in total. The lowest BCUT2D eigenvalue weighted by molar-refractivity contribution is 0.284. The molecule has 0 aliphatic rings. The summed E-state index contributed by atoms with van der Waals surface area (Å²) in [5.74, 6) is 0.212. The summed E-state index contributed by atoms with van der Waals surface area (Å²) in [5, 5.41) is 0. The smallest absolute Gasteiger partial charge is 0.218 e. The van der Waals surface area contributed by atoms with Gasteiger partial charge in [-0.2, -0.15) is 0 Å². The number of pyridine rings is 1. The molecule has 0 amide bonds. The fraction of sp³-hybridized carbons (Fsp3) is 0.267. The van der Waals surface area contributed by atoms with Gasteiger partial charge in [0.25, 0.3) is 0 Å². The minimum absolute atomic E-state index is 0.148. The number of benzene rings is 1. The van der Waals surface area contributed by atoms with Crippen LogP contribution >= 0.6 is 0 Å². The Kier molecular flexibility index (Phi) is 4.12. The van der Waals surface area contributed by atoms with Crippen LogP contribution in [-0.4, -0.2) is 4.98 Å². The van der Waals surface area contributed by atoms with E-state index in [1.807, 2.05) is 19.9 Å². The number of ether oxygens (including phenoxy) is 1. The van der Waals surface area contributed by atoms with Crippen molar-refractivity contribution in [3.05, 3.63) is 58.5 Å². The molecule has 2 aromatic rings. The topological polar surface area (TPSA) is 48.1 Å². The minimum Gasteiger partial charge on any atom is -0.472 e. The molecular weight excluding hydrogens is 243 g/mol. The largest absolute Gasteiger partial charge is 0.472 e. The average Bonchev–Trinajstić information content (AvgIpc) is 2.37. The predicted octanol–water partition coefficient (Wildman–Crippen LogP) is 2.88. The van der Waals surface area contributed by atoms with Crippen molar-refractivity contribution in [3.8, 4) is 5.88 Å². The van der Waals surface area contributed by atoms with E-state index in [0.29, 0.717) is 18.0 Å². The van der Waals surface area contributed by atoms with Crippen molar-refractivity contribution in [3.63, 3.8) is 0 Å². The lowest BCUT2D eigenvalue weighted by Crippen LogP contribution is -2.08. The highest BCUT2D eigenvalue weighted by Gasteiger charge is 2.10. The summed E-state index contributed by atoms with van der Waals surface area (Å²) < 4.78 is 19.1. The molecule has 4 heteroatoms. The molecule has 0 bridgehead atoms. The van der Waals surface area contributed by atoms with E-state index in [-0.39, 0.29) is 12.4 Å². The highest BCUT2D eigenvalue weighted by Crippen LogP contribution is 2.21. The second-order valence-corrected chi connectivity index (χ2v) is 4.45. The molecule has 19 heavy (non-hydrogen) atoms. The van der Waals surface area contributed by atoms with E-state index in [2.05, 4.69) is 4.98 Å². The van der Waals surface area contributed by atoms with Crippen LogP contribution in [0.5, 0.6) is 5.88 Å². The summed E-state index contributed by atoms with van der Waals surface area (Å²) in [6, 6.07) is 8.50. The van der Waals surface area contributed by atoms with Crippen molar-refractivity contribution in [2.24, 2.45) is 5.73 Å². The van der Waals surface area contributed by atoms with Gasteiger partial charge in [-0.1, -0.05) is 18.2 Å². The van der Waals surface area contributed by atoms with Gasteiger partial charge in [-0.05, 0) is 31.5 Å². The van der Waals surface area contributed by atoms with Gasteiger partial charge in [0.2, 0.25) is 5.88 Å². The van der Waals surface area contributed by atoms with Gasteiger partial charge in [0.05, 0.1) is 0 Å². The Labute approximate surface area is 112 Å². The molecule has 0 aliphatic heterocycles. The van der Waals surface area contributed by atoms with Crippen molar-refractivity contribution in [2.45, 2.75) is 27.0 Å². The van der Waals surface area contributed by atoms with Crippen LogP contribution in [0.4, 0.5) is 4.39 Å². The maximum absolute atomic E-state index is 13.5. The van der Waals surface area contributed by atoms with Gasteiger partial charge in [0, 0.05) is 23.4 Å². The predicted molar refractivity (Wildman–Crippen MR) is 72.3 cm³/mol. The van der Waals surface area contributed by atoms with Crippen molar-refractivity contribution < 1.29 is 9.13 Å². The molecule has 0 fully saturated rings. The molecule has 1 heterocycles. The number of nitrogens with zero attached hydrogens (tertiary/aromatic N) is 1. The van der Waals surface area contributed by atoms with Crippen molar-refractivity contribution in [1.82, 2.24) is 4.98 Å². The molecule has 0 radical (unpaired) electrons. The number of nitrogens with two attached hydrogens (primary N) is 1. The second kappa shape index (κ2) is 5.80. The van der Waals surface area contributed by atoms with Crippen LogP contribution in [0.3, 0.4) is 0 Å². The number of rotatable bonds is 4. The van der Waals surface area contributed by atoms with Crippen LogP contribution in [0.25, 0.3) is 0 Å². The zero-order valence-corrected chi connectivity index (χ0v) is 11.1. The van der Waals surface area contributed by atoms with Crippen LogP contribution in [0.15, 0.2) is 30.3 Å². The van der Waals surface area contributed by atoms with E-state index in [1.54, 1.807) is 18.2 Å². The Bertz CT molecular complexity index is 584. The van der Waals surface area contributed by atoms with Crippen LogP contribution in [0.2, 0.25) is 0 Å².